The largest absolute Gasteiger partial charge is 0.383 e. The zero-order chi connectivity index (χ0) is 27.6. The third-order valence-corrected chi connectivity index (χ3v) is 8.26. The molecule has 0 aliphatic carbocycles. The van der Waals surface area contributed by atoms with Crippen molar-refractivity contribution < 1.29 is 4.39 Å². The summed E-state index contributed by atoms with van der Waals surface area (Å²) in [6.45, 7) is 21.2. The fourth-order valence-electron chi connectivity index (χ4n) is 5.17. The van der Waals surface area contributed by atoms with Crippen LogP contribution in [0.25, 0.3) is 22.0 Å². The molecule has 0 saturated carbocycles. The van der Waals surface area contributed by atoms with Crippen molar-refractivity contribution in [3.05, 3.63) is 108 Å². The number of allylic oxidation sites excluding steroid dienone is 2. The second-order valence-corrected chi connectivity index (χ2v) is 12.5. The Morgan fingerprint density at radius 2 is 1.95 bits per heavy atom. The van der Waals surface area contributed by atoms with E-state index in [1.807, 2.05) is 6.92 Å². The van der Waals surface area contributed by atoms with Crippen LogP contribution in [-0.4, -0.2) is 39.9 Å². The maximum absolute atomic E-state index is 14.4. The van der Waals surface area contributed by atoms with E-state index in [-0.39, 0.29) is 27.4 Å². The van der Waals surface area contributed by atoms with E-state index >= 15 is 0 Å². The van der Waals surface area contributed by atoms with Crippen molar-refractivity contribution >= 4 is 50.0 Å². The molecule has 38 heavy (non-hydrogen) atoms. The van der Waals surface area contributed by atoms with Gasteiger partial charge in [0.05, 0.1) is 17.6 Å². The Kier molecular flexibility index (Phi) is 8.69. The third kappa shape index (κ3) is 6.00. The minimum atomic E-state index is -0.387. The van der Waals surface area contributed by atoms with Gasteiger partial charge < -0.3 is 14.8 Å². The summed E-state index contributed by atoms with van der Waals surface area (Å²) in [6.07, 6.45) is 6.33. The van der Waals surface area contributed by atoms with Crippen LogP contribution in [0.15, 0.2) is 80.3 Å². The smallest absolute Gasteiger partial charge is 0.146 e. The molecule has 4 rings (SSSR count). The van der Waals surface area contributed by atoms with Gasteiger partial charge in [-0.3, -0.25) is 0 Å². The highest BCUT2D eigenvalue weighted by Crippen LogP contribution is 2.32. The molecule has 0 spiro atoms. The highest BCUT2D eigenvalue weighted by molar-refractivity contribution is 8.13. The van der Waals surface area contributed by atoms with Crippen molar-refractivity contribution in [3.63, 3.8) is 0 Å². The van der Waals surface area contributed by atoms with E-state index < -0.39 is 0 Å². The van der Waals surface area contributed by atoms with Gasteiger partial charge in [-0.2, -0.15) is 10.5 Å². The molecule has 200 valence electrons. The summed E-state index contributed by atoms with van der Waals surface area (Å²) >= 11 is 5.95. The molecule has 3 nitrogen and oxygen atoms in total. The number of likely N-dealkylation sites (tertiary alicyclic amines) is 1. The molecule has 2 aromatic carbocycles. The lowest BCUT2D eigenvalue weighted by Gasteiger charge is -2.31. The molecule has 1 aliphatic heterocycles. The Labute approximate surface area is 233 Å². The maximum atomic E-state index is 14.4. The maximum Gasteiger partial charge on any atom is 0.146 e. The van der Waals surface area contributed by atoms with Crippen LogP contribution < -0.4 is 5.32 Å². The Morgan fingerprint density at radius 3 is 2.66 bits per heavy atom. The molecule has 1 saturated heterocycles. The highest BCUT2D eigenvalue weighted by atomic mass is 35.5. The average Bonchev–Trinajstić information content (AvgIpc) is 3.50. The van der Waals surface area contributed by atoms with E-state index in [2.05, 4.69) is 77.6 Å². The van der Waals surface area contributed by atoms with Gasteiger partial charge in [0.25, 0.3) is 0 Å². The standard InChI is InChI=1S/C32H37ClFN3S/c1-21(2)28-19-36(31-16-25(13-14-27(28)31)22(3)20-38(6)7)18-23(4)37-15-9-12-30(37)24(5)35-17-26-10-8-11-29(33)32(26)34/h8,10-11,13-14,16,19,30,35H,1,3-6,9,12,15,17-18,20H2,2,7H3. The number of nitrogens with zero attached hydrogens (tertiary/aromatic N) is 2. The topological polar surface area (TPSA) is 20.2 Å². The number of aromatic nitrogens is 1. The predicted octanol–water partition coefficient (Wildman–Crippen LogP) is 8.09. The summed E-state index contributed by atoms with van der Waals surface area (Å²) in [5.74, 6) is 4.65. The van der Waals surface area contributed by atoms with E-state index in [4.69, 9.17) is 11.6 Å². The second-order valence-electron chi connectivity index (χ2n) is 10.2. The van der Waals surface area contributed by atoms with Gasteiger partial charge in [-0.25, -0.2) is 4.39 Å². The number of hydrogen-bond acceptors (Lipinski definition) is 2. The molecular formula is C32H37ClFN3S. The lowest BCUT2D eigenvalue weighted by atomic mass is 10.0. The molecule has 0 radical (unpaired) electrons. The molecular weight excluding hydrogens is 513 g/mol. The average molecular weight is 550 g/mol. The van der Waals surface area contributed by atoms with Crippen molar-refractivity contribution in [2.75, 3.05) is 18.6 Å². The van der Waals surface area contributed by atoms with Crippen LogP contribution in [0.4, 0.5) is 4.39 Å². The fourth-order valence-corrected chi connectivity index (χ4v) is 6.13. The molecule has 1 N–H and O–H groups in total. The Morgan fingerprint density at radius 1 is 1.18 bits per heavy atom. The minimum absolute atomic E-state index is 0.0436. The lowest BCUT2D eigenvalue weighted by molar-refractivity contribution is 0.327. The Bertz CT molecular complexity index is 1450. The first-order chi connectivity index (χ1) is 18.1. The van der Waals surface area contributed by atoms with Gasteiger partial charge in [0.2, 0.25) is 0 Å². The first-order valence-corrected chi connectivity index (χ1v) is 15.1. The van der Waals surface area contributed by atoms with E-state index in [0.29, 0.717) is 18.7 Å². The van der Waals surface area contributed by atoms with E-state index in [9.17, 15) is 4.39 Å². The molecule has 1 aliphatic rings. The highest BCUT2D eigenvalue weighted by Gasteiger charge is 2.28. The molecule has 6 heteroatoms. The quantitative estimate of drug-likeness (QED) is 0.244. The summed E-state index contributed by atoms with van der Waals surface area (Å²) in [5, 5.41) is 4.64. The van der Waals surface area contributed by atoms with Crippen LogP contribution in [0.2, 0.25) is 5.02 Å². The molecule has 1 fully saturated rings. The van der Waals surface area contributed by atoms with Gasteiger partial charge in [0, 0.05) is 58.5 Å². The molecule has 3 aromatic rings. The summed E-state index contributed by atoms with van der Waals surface area (Å²) in [5.41, 5.74) is 7.98. The van der Waals surface area contributed by atoms with Crippen LogP contribution in [0.1, 0.15) is 36.5 Å². The fraction of sp³-hybridized carbons (Fsp3) is 0.281. The second kappa shape index (κ2) is 11.8. The molecule has 2 unspecified atom stereocenters. The number of fused-ring (bicyclic) bond motifs is 1. The summed E-state index contributed by atoms with van der Waals surface area (Å²) in [4.78, 5) is 2.32. The van der Waals surface area contributed by atoms with Crippen LogP contribution in [0.5, 0.6) is 0 Å². The van der Waals surface area contributed by atoms with Gasteiger partial charge in [-0.15, -0.1) is 0 Å². The Balaban J connectivity index is 1.54. The van der Waals surface area contributed by atoms with Crippen LogP contribution in [0.3, 0.4) is 0 Å². The zero-order valence-electron chi connectivity index (χ0n) is 22.5. The van der Waals surface area contributed by atoms with E-state index in [1.54, 1.807) is 18.2 Å². The molecule has 2 atom stereocenters. The normalized spacial score (nSPS) is 16.0. The number of rotatable bonds is 11. The molecule has 0 bridgehead atoms. The van der Waals surface area contributed by atoms with Gasteiger partial charge in [-0.1, -0.05) is 68.1 Å². The predicted molar refractivity (Wildman–Crippen MR) is 167 cm³/mol. The summed E-state index contributed by atoms with van der Waals surface area (Å²) in [7, 11) is 0.0436. The molecule has 2 heterocycles. The Hall–Kier alpha value is -3.02. The first-order valence-electron chi connectivity index (χ1n) is 12.8. The van der Waals surface area contributed by atoms with E-state index in [1.165, 1.54) is 5.39 Å². The monoisotopic (exact) mass is 549 g/mol. The summed E-state index contributed by atoms with van der Waals surface area (Å²) in [6, 6.07) is 11.7. The van der Waals surface area contributed by atoms with Crippen molar-refractivity contribution in [1.29, 1.82) is 0 Å². The lowest BCUT2D eigenvalue weighted by Crippen LogP contribution is -2.35. The van der Waals surface area contributed by atoms with Crippen LogP contribution in [-0.2, 0) is 13.1 Å². The summed E-state index contributed by atoms with van der Waals surface area (Å²) < 4.78 is 16.6. The van der Waals surface area contributed by atoms with Gasteiger partial charge >= 0.3 is 0 Å². The SMILES string of the molecule is C=C(CS(=C)C)c1ccc2c(C(=C)C)cn(CC(=C)N3CCCC3C(=C)NCc3cccc(Cl)c3F)c2c1. The van der Waals surface area contributed by atoms with Crippen molar-refractivity contribution in [2.24, 2.45) is 0 Å². The number of nitrogens with one attached hydrogen (secondary N) is 1. The third-order valence-electron chi connectivity index (χ3n) is 7.12. The number of benzene rings is 2. The first kappa shape index (κ1) is 28.0. The van der Waals surface area contributed by atoms with Gasteiger partial charge in [0.1, 0.15) is 5.82 Å². The van der Waals surface area contributed by atoms with Gasteiger partial charge in [0.15, 0.2) is 0 Å². The number of hydrogen-bond donors (Lipinski definition) is 1. The van der Waals surface area contributed by atoms with Crippen molar-refractivity contribution in [3.8, 4) is 0 Å². The van der Waals surface area contributed by atoms with Gasteiger partial charge in [-0.05, 0) is 54.9 Å². The number of halogens is 2. The van der Waals surface area contributed by atoms with Crippen molar-refractivity contribution in [2.45, 2.75) is 38.9 Å². The zero-order valence-corrected chi connectivity index (χ0v) is 24.0. The van der Waals surface area contributed by atoms with E-state index in [0.717, 1.165) is 64.3 Å². The minimum Gasteiger partial charge on any atom is -0.383 e. The van der Waals surface area contributed by atoms with Crippen LogP contribution >= 0.6 is 22.1 Å². The van der Waals surface area contributed by atoms with Crippen LogP contribution in [0, 0.1) is 5.82 Å². The molecule has 0 amide bonds. The van der Waals surface area contributed by atoms with Crippen molar-refractivity contribution in [1.82, 2.24) is 14.8 Å². The molecule has 1 aromatic heterocycles.